The van der Waals surface area contributed by atoms with Crippen LogP contribution in [0.5, 0.6) is 0 Å². The summed E-state index contributed by atoms with van der Waals surface area (Å²) in [5.41, 5.74) is 2.46. The Morgan fingerprint density at radius 1 is 0.861 bits per heavy atom. The number of hydrogen-bond donors (Lipinski definition) is 2. The van der Waals surface area contributed by atoms with Gasteiger partial charge in [-0.3, -0.25) is 13.8 Å². The van der Waals surface area contributed by atoms with Gasteiger partial charge in [0, 0.05) is 15.7 Å². The van der Waals surface area contributed by atoms with Crippen molar-refractivity contribution >= 4 is 66.2 Å². The Hall–Kier alpha value is -2.79. The molecule has 0 saturated carbocycles. The first-order valence-electron chi connectivity index (χ1n) is 10.6. The van der Waals surface area contributed by atoms with E-state index in [9.17, 15) is 21.6 Å². The molecule has 0 aliphatic rings. The summed E-state index contributed by atoms with van der Waals surface area (Å²) in [6.45, 7) is 5.08. The van der Waals surface area contributed by atoms with Gasteiger partial charge >= 0.3 is 0 Å². The van der Waals surface area contributed by atoms with Crippen LogP contribution in [0, 0.1) is 13.8 Å². The smallest absolute Gasteiger partial charge is 0.261 e. The van der Waals surface area contributed by atoms with Crippen molar-refractivity contribution in [2.24, 2.45) is 0 Å². The monoisotopic (exact) mass is 569 g/mol. The molecule has 3 aromatic carbocycles. The summed E-state index contributed by atoms with van der Waals surface area (Å²) in [7, 11) is -7.74. The number of amides is 1. The number of hydrogen-bond acceptors (Lipinski definition) is 5. The van der Waals surface area contributed by atoms with Crippen molar-refractivity contribution in [2.45, 2.75) is 31.7 Å². The van der Waals surface area contributed by atoms with Crippen LogP contribution in [0.15, 0.2) is 65.6 Å². The number of sulfonamides is 2. The number of anilines is 3. The zero-order valence-corrected chi connectivity index (χ0v) is 23.1. The predicted octanol–water partition coefficient (Wildman–Crippen LogP) is 5.20. The molecule has 3 rings (SSSR count). The second kappa shape index (κ2) is 10.7. The third kappa shape index (κ3) is 6.70. The van der Waals surface area contributed by atoms with Crippen LogP contribution < -0.4 is 14.3 Å². The van der Waals surface area contributed by atoms with Gasteiger partial charge in [-0.15, -0.1) is 0 Å². The minimum Gasteiger partial charge on any atom is -0.324 e. The van der Waals surface area contributed by atoms with E-state index in [2.05, 4.69) is 10.0 Å². The van der Waals surface area contributed by atoms with E-state index in [1.54, 1.807) is 19.1 Å². The first-order valence-corrected chi connectivity index (χ1v) is 14.7. The highest BCUT2D eigenvalue weighted by molar-refractivity contribution is 7.92. The van der Waals surface area contributed by atoms with E-state index in [0.717, 1.165) is 16.1 Å². The zero-order valence-electron chi connectivity index (χ0n) is 19.9. The molecule has 0 aromatic heterocycles. The van der Waals surface area contributed by atoms with E-state index in [-0.39, 0.29) is 20.6 Å². The van der Waals surface area contributed by atoms with E-state index in [1.807, 2.05) is 13.0 Å². The summed E-state index contributed by atoms with van der Waals surface area (Å²) in [6, 6.07) is 14.0. The summed E-state index contributed by atoms with van der Waals surface area (Å²) in [4.78, 5) is 12.9. The largest absolute Gasteiger partial charge is 0.324 e. The Morgan fingerprint density at radius 2 is 1.44 bits per heavy atom. The van der Waals surface area contributed by atoms with Crippen LogP contribution in [0.3, 0.4) is 0 Å². The maximum atomic E-state index is 13.0. The molecule has 0 unspecified atom stereocenters. The van der Waals surface area contributed by atoms with Gasteiger partial charge in [-0.2, -0.15) is 0 Å². The first kappa shape index (κ1) is 27.8. The molecule has 12 heteroatoms. The van der Waals surface area contributed by atoms with Crippen LogP contribution in [0.25, 0.3) is 0 Å². The molecule has 0 heterocycles. The van der Waals surface area contributed by atoms with E-state index < -0.39 is 32.0 Å². The first-order chi connectivity index (χ1) is 16.7. The second-order valence-corrected chi connectivity index (χ2v) is 12.7. The molecule has 8 nitrogen and oxygen atoms in total. The Balaban J connectivity index is 1.80. The minimum atomic E-state index is -3.95. The van der Waals surface area contributed by atoms with Crippen molar-refractivity contribution in [1.29, 1.82) is 0 Å². The molecule has 0 saturated heterocycles. The highest BCUT2D eigenvalue weighted by atomic mass is 35.5. The fourth-order valence-electron chi connectivity index (χ4n) is 3.53. The second-order valence-electron chi connectivity index (χ2n) is 8.30. The Bertz CT molecular complexity index is 1490. The molecule has 2 N–H and O–H groups in total. The van der Waals surface area contributed by atoms with Gasteiger partial charge in [0.25, 0.3) is 10.0 Å². The van der Waals surface area contributed by atoms with Crippen LogP contribution in [0.4, 0.5) is 17.1 Å². The summed E-state index contributed by atoms with van der Waals surface area (Å²) in [6.07, 6.45) is 1.04. The molecule has 0 radical (unpaired) electrons. The van der Waals surface area contributed by atoms with Gasteiger partial charge < -0.3 is 5.32 Å². The summed E-state index contributed by atoms with van der Waals surface area (Å²) in [5.74, 6) is -0.580. The Kier molecular flexibility index (Phi) is 8.24. The lowest BCUT2D eigenvalue weighted by atomic mass is 10.1. The number of carbonyl (C=O) groups excluding carboxylic acids is 1. The topological polar surface area (TPSA) is 113 Å². The number of halogens is 2. The standard InChI is InChI=1S/C24H25Cl2N3O5S2/c1-15-5-6-16(2)23(11-15)29(35(4,31)32)17(3)24(30)27-20-7-9-22(10-8-20)36(33,34)28-21-13-18(25)12-19(26)14-21/h5-14,17,28H,1-4H3,(H,27,30)/t17-/m0/s1. The minimum absolute atomic E-state index is 0.0576. The molecule has 192 valence electrons. The molecule has 0 bridgehead atoms. The third-order valence-corrected chi connectivity index (χ3v) is 8.30. The number of nitrogens with one attached hydrogen (secondary N) is 2. The maximum Gasteiger partial charge on any atom is 0.261 e. The van der Waals surface area contributed by atoms with Gasteiger partial charge in [-0.25, -0.2) is 16.8 Å². The lowest BCUT2D eigenvalue weighted by molar-refractivity contribution is -0.116. The van der Waals surface area contributed by atoms with Gasteiger partial charge in [0.2, 0.25) is 15.9 Å². The van der Waals surface area contributed by atoms with Crippen LogP contribution in [-0.2, 0) is 24.8 Å². The van der Waals surface area contributed by atoms with Crippen molar-refractivity contribution in [3.8, 4) is 0 Å². The van der Waals surface area contributed by atoms with Crippen LogP contribution in [0.2, 0.25) is 10.0 Å². The molecule has 0 aliphatic heterocycles. The van der Waals surface area contributed by atoms with Gasteiger partial charge in [0.15, 0.2) is 0 Å². The highest BCUT2D eigenvalue weighted by Crippen LogP contribution is 2.28. The van der Waals surface area contributed by atoms with Crippen LogP contribution in [0.1, 0.15) is 18.1 Å². The van der Waals surface area contributed by atoms with E-state index in [1.165, 1.54) is 49.4 Å². The molecule has 0 spiro atoms. The van der Waals surface area contributed by atoms with Gasteiger partial charge in [0.1, 0.15) is 6.04 Å². The van der Waals surface area contributed by atoms with Crippen molar-refractivity contribution in [3.63, 3.8) is 0 Å². The van der Waals surface area contributed by atoms with E-state index >= 15 is 0 Å². The van der Waals surface area contributed by atoms with Gasteiger partial charge in [0.05, 0.1) is 22.5 Å². The number of carbonyl (C=O) groups is 1. The number of nitrogens with zero attached hydrogens (tertiary/aromatic N) is 1. The number of aryl methyl sites for hydroxylation is 2. The van der Waals surface area contributed by atoms with E-state index in [4.69, 9.17) is 23.2 Å². The Labute approximate surface area is 221 Å². The average molecular weight is 571 g/mol. The van der Waals surface area contributed by atoms with Gasteiger partial charge in [-0.05, 0) is 80.4 Å². The summed E-state index contributed by atoms with van der Waals surface area (Å²) >= 11 is 11.8. The van der Waals surface area contributed by atoms with E-state index in [0.29, 0.717) is 16.9 Å². The predicted molar refractivity (Wildman–Crippen MR) is 145 cm³/mol. The summed E-state index contributed by atoms with van der Waals surface area (Å²) < 4.78 is 54.1. The average Bonchev–Trinajstić information content (AvgIpc) is 2.74. The number of rotatable bonds is 8. The SMILES string of the molecule is Cc1ccc(C)c(N([C@@H](C)C(=O)Nc2ccc(S(=O)(=O)Nc3cc(Cl)cc(Cl)c3)cc2)S(C)(=O)=O)c1. The molecular weight excluding hydrogens is 545 g/mol. The quantitative estimate of drug-likeness (QED) is 0.387. The van der Waals surface area contributed by atoms with Crippen molar-refractivity contribution in [2.75, 3.05) is 20.6 Å². The van der Waals surface area contributed by atoms with Crippen LogP contribution in [-0.4, -0.2) is 35.0 Å². The molecule has 0 aliphatic carbocycles. The normalized spacial score (nSPS) is 12.6. The molecule has 1 atom stereocenters. The fourth-order valence-corrected chi connectivity index (χ4v) is 6.32. The molecule has 0 fully saturated rings. The fraction of sp³-hybridized carbons (Fsp3) is 0.208. The molecular formula is C24H25Cl2N3O5S2. The lowest BCUT2D eigenvalue weighted by Gasteiger charge is -2.29. The third-order valence-electron chi connectivity index (χ3n) is 5.24. The molecule has 3 aromatic rings. The van der Waals surface area contributed by atoms with Crippen molar-refractivity contribution < 1.29 is 21.6 Å². The Morgan fingerprint density at radius 3 is 2.00 bits per heavy atom. The van der Waals surface area contributed by atoms with Crippen LogP contribution >= 0.6 is 23.2 Å². The van der Waals surface area contributed by atoms with Crippen molar-refractivity contribution in [3.05, 3.63) is 81.8 Å². The molecule has 36 heavy (non-hydrogen) atoms. The number of benzene rings is 3. The van der Waals surface area contributed by atoms with Crippen molar-refractivity contribution in [1.82, 2.24) is 0 Å². The van der Waals surface area contributed by atoms with Gasteiger partial charge in [-0.1, -0.05) is 35.3 Å². The highest BCUT2D eigenvalue weighted by Gasteiger charge is 2.30. The zero-order chi connectivity index (χ0) is 26.8. The molecule has 1 amide bonds. The maximum absolute atomic E-state index is 13.0. The lowest BCUT2D eigenvalue weighted by Crippen LogP contribution is -2.45. The summed E-state index contributed by atoms with van der Waals surface area (Å²) in [5, 5.41) is 3.20.